The van der Waals surface area contributed by atoms with Crippen LogP contribution in [0, 0.1) is 13.8 Å². The summed E-state index contributed by atoms with van der Waals surface area (Å²) in [5, 5.41) is 11.3. The van der Waals surface area contributed by atoms with E-state index in [9.17, 15) is 0 Å². The Morgan fingerprint density at radius 3 is 2.61 bits per heavy atom. The van der Waals surface area contributed by atoms with Gasteiger partial charge in [-0.05, 0) is 44.9 Å². The third kappa shape index (κ3) is 4.15. The molecule has 2 aromatic heterocycles. The van der Waals surface area contributed by atoms with Crippen LogP contribution >= 0.6 is 0 Å². The summed E-state index contributed by atoms with van der Waals surface area (Å²) >= 11 is 0. The lowest BCUT2D eigenvalue weighted by atomic mass is 10.1. The van der Waals surface area contributed by atoms with Crippen molar-refractivity contribution in [3.8, 4) is 0 Å². The van der Waals surface area contributed by atoms with E-state index < -0.39 is 0 Å². The molecule has 0 fully saturated rings. The maximum atomic E-state index is 4.48. The molecular formula is C17H28N6. The Bertz CT molecular complexity index is 679. The van der Waals surface area contributed by atoms with Gasteiger partial charge in [0.25, 0.3) is 0 Å². The fourth-order valence-electron chi connectivity index (χ4n) is 2.75. The first kappa shape index (κ1) is 17.1. The molecule has 6 heteroatoms. The largest absolute Gasteiger partial charge is 0.354 e. The van der Waals surface area contributed by atoms with E-state index in [-0.39, 0.29) is 6.04 Å². The maximum absolute atomic E-state index is 4.48. The van der Waals surface area contributed by atoms with Gasteiger partial charge in [0.1, 0.15) is 0 Å². The SMILES string of the molecule is CN=C(NCc1cccn1C)NC(C)Cc1c(C)nn(C)c1C. The molecule has 0 aliphatic rings. The molecule has 23 heavy (non-hydrogen) atoms. The monoisotopic (exact) mass is 316 g/mol. The number of aliphatic imine (C=N–C) groups is 1. The molecule has 2 aromatic rings. The molecule has 6 nitrogen and oxygen atoms in total. The van der Waals surface area contributed by atoms with Gasteiger partial charge in [0.2, 0.25) is 0 Å². The van der Waals surface area contributed by atoms with Gasteiger partial charge in [-0.2, -0.15) is 5.10 Å². The van der Waals surface area contributed by atoms with Crippen molar-refractivity contribution in [1.29, 1.82) is 0 Å². The molecule has 1 atom stereocenters. The van der Waals surface area contributed by atoms with Crippen molar-refractivity contribution in [3.05, 3.63) is 41.0 Å². The quantitative estimate of drug-likeness (QED) is 0.652. The first-order valence-corrected chi connectivity index (χ1v) is 7.98. The molecule has 0 aromatic carbocycles. The fraction of sp³-hybridized carbons (Fsp3) is 0.529. The minimum Gasteiger partial charge on any atom is -0.354 e. The average molecular weight is 316 g/mol. The van der Waals surface area contributed by atoms with Crippen LogP contribution in [0.15, 0.2) is 23.3 Å². The molecule has 0 bridgehead atoms. The lowest BCUT2D eigenvalue weighted by Gasteiger charge is -2.18. The van der Waals surface area contributed by atoms with E-state index in [0.29, 0.717) is 0 Å². The second kappa shape index (κ2) is 7.35. The molecule has 2 heterocycles. The summed E-state index contributed by atoms with van der Waals surface area (Å²) in [7, 11) is 5.83. The highest BCUT2D eigenvalue weighted by Crippen LogP contribution is 2.14. The second-order valence-electron chi connectivity index (χ2n) is 6.06. The van der Waals surface area contributed by atoms with Gasteiger partial charge in [-0.3, -0.25) is 9.67 Å². The standard InChI is InChI=1S/C17H28N6/c1-12(10-16-13(2)21-23(6)14(16)3)20-17(18-4)19-11-15-8-7-9-22(15)5/h7-9,12H,10-11H2,1-6H3,(H2,18,19,20). The Morgan fingerprint density at radius 2 is 2.09 bits per heavy atom. The highest BCUT2D eigenvalue weighted by Gasteiger charge is 2.14. The predicted molar refractivity (Wildman–Crippen MR) is 94.6 cm³/mol. The Hall–Kier alpha value is -2.24. The topological polar surface area (TPSA) is 59.2 Å². The van der Waals surface area contributed by atoms with Crippen LogP contribution in [-0.2, 0) is 27.1 Å². The van der Waals surface area contributed by atoms with Gasteiger partial charge in [0.05, 0.1) is 12.2 Å². The Balaban J connectivity index is 1.92. The normalized spacial score (nSPS) is 13.2. The number of aromatic nitrogens is 3. The van der Waals surface area contributed by atoms with Crippen molar-refractivity contribution >= 4 is 5.96 Å². The number of hydrogen-bond acceptors (Lipinski definition) is 2. The van der Waals surface area contributed by atoms with Crippen molar-refractivity contribution < 1.29 is 0 Å². The van der Waals surface area contributed by atoms with Crippen LogP contribution in [0.5, 0.6) is 0 Å². The van der Waals surface area contributed by atoms with Crippen molar-refractivity contribution in [2.75, 3.05) is 7.05 Å². The van der Waals surface area contributed by atoms with Gasteiger partial charge in [0, 0.05) is 44.8 Å². The third-order valence-electron chi connectivity index (χ3n) is 4.26. The number of aryl methyl sites for hydroxylation is 3. The average Bonchev–Trinajstić information content (AvgIpc) is 3.02. The van der Waals surface area contributed by atoms with Crippen LogP contribution in [0.4, 0.5) is 0 Å². The first-order valence-electron chi connectivity index (χ1n) is 7.98. The van der Waals surface area contributed by atoms with E-state index in [1.54, 1.807) is 7.05 Å². The Morgan fingerprint density at radius 1 is 1.35 bits per heavy atom. The van der Waals surface area contributed by atoms with Crippen molar-refractivity contribution in [3.63, 3.8) is 0 Å². The summed E-state index contributed by atoms with van der Waals surface area (Å²) in [6.07, 6.45) is 2.97. The molecule has 0 aliphatic carbocycles. The number of hydrogen-bond donors (Lipinski definition) is 2. The molecule has 0 aliphatic heterocycles. The zero-order valence-corrected chi connectivity index (χ0v) is 15.0. The van der Waals surface area contributed by atoms with Gasteiger partial charge in [0.15, 0.2) is 5.96 Å². The second-order valence-corrected chi connectivity index (χ2v) is 6.06. The van der Waals surface area contributed by atoms with E-state index in [4.69, 9.17) is 0 Å². The lowest BCUT2D eigenvalue weighted by molar-refractivity contribution is 0.631. The molecule has 0 spiro atoms. The highest BCUT2D eigenvalue weighted by atomic mass is 15.3. The molecular weight excluding hydrogens is 288 g/mol. The summed E-state index contributed by atoms with van der Waals surface area (Å²) in [5.74, 6) is 0.817. The van der Waals surface area contributed by atoms with Crippen LogP contribution in [0.25, 0.3) is 0 Å². The fourth-order valence-corrected chi connectivity index (χ4v) is 2.75. The van der Waals surface area contributed by atoms with Crippen LogP contribution in [-0.4, -0.2) is 33.4 Å². The van der Waals surface area contributed by atoms with E-state index >= 15 is 0 Å². The molecule has 0 radical (unpaired) electrons. The van der Waals surface area contributed by atoms with E-state index in [2.05, 4.69) is 52.1 Å². The summed E-state index contributed by atoms with van der Waals surface area (Å²) in [5.41, 5.74) is 4.86. The minimum absolute atomic E-state index is 0.274. The van der Waals surface area contributed by atoms with Gasteiger partial charge >= 0.3 is 0 Å². The summed E-state index contributed by atoms with van der Waals surface area (Å²) < 4.78 is 4.05. The number of guanidine groups is 1. The molecule has 0 amide bonds. The van der Waals surface area contributed by atoms with Crippen LogP contribution in [0.3, 0.4) is 0 Å². The smallest absolute Gasteiger partial charge is 0.191 e. The molecule has 126 valence electrons. The first-order chi connectivity index (χ1) is 10.9. The van der Waals surface area contributed by atoms with Gasteiger partial charge in [-0.25, -0.2) is 0 Å². The Kier molecular flexibility index (Phi) is 5.47. The molecule has 1 unspecified atom stereocenters. The van der Waals surface area contributed by atoms with Gasteiger partial charge in [-0.1, -0.05) is 0 Å². The highest BCUT2D eigenvalue weighted by molar-refractivity contribution is 5.79. The van der Waals surface area contributed by atoms with Crippen molar-refractivity contribution in [2.45, 2.75) is 39.8 Å². The number of nitrogens with zero attached hydrogens (tertiary/aromatic N) is 4. The lowest BCUT2D eigenvalue weighted by Crippen LogP contribution is -2.43. The zero-order valence-electron chi connectivity index (χ0n) is 15.0. The van der Waals surface area contributed by atoms with Crippen molar-refractivity contribution in [1.82, 2.24) is 25.0 Å². The summed E-state index contributed by atoms with van der Waals surface area (Å²) in [6.45, 7) is 7.10. The van der Waals surface area contributed by atoms with E-state index in [1.807, 2.05) is 31.0 Å². The Labute approximate surface area is 138 Å². The van der Waals surface area contributed by atoms with Crippen molar-refractivity contribution in [2.24, 2.45) is 19.1 Å². The number of nitrogens with one attached hydrogen (secondary N) is 2. The maximum Gasteiger partial charge on any atom is 0.191 e. The molecule has 0 saturated heterocycles. The minimum atomic E-state index is 0.274. The van der Waals surface area contributed by atoms with E-state index in [1.165, 1.54) is 17.0 Å². The third-order valence-corrected chi connectivity index (χ3v) is 4.26. The van der Waals surface area contributed by atoms with Gasteiger partial charge < -0.3 is 15.2 Å². The molecule has 0 saturated carbocycles. The summed E-state index contributed by atoms with van der Waals surface area (Å²) in [4.78, 5) is 4.31. The van der Waals surface area contributed by atoms with Crippen LogP contribution in [0.1, 0.15) is 29.6 Å². The predicted octanol–water partition coefficient (Wildman–Crippen LogP) is 1.67. The van der Waals surface area contributed by atoms with E-state index in [0.717, 1.165) is 24.6 Å². The zero-order chi connectivity index (χ0) is 17.0. The van der Waals surface area contributed by atoms with Crippen LogP contribution < -0.4 is 10.6 Å². The number of rotatable bonds is 5. The molecule has 2 rings (SSSR count). The molecule has 2 N–H and O–H groups in total. The van der Waals surface area contributed by atoms with Gasteiger partial charge in [-0.15, -0.1) is 0 Å². The summed E-state index contributed by atoms with van der Waals surface area (Å²) in [6, 6.07) is 4.42. The van der Waals surface area contributed by atoms with Crippen LogP contribution in [0.2, 0.25) is 0 Å².